The van der Waals surface area contributed by atoms with E-state index in [2.05, 4.69) is 26.2 Å². The van der Waals surface area contributed by atoms with E-state index in [0.29, 0.717) is 16.3 Å². The number of pyridine rings is 1. The molecule has 100 valence electrons. The fourth-order valence-corrected chi connectivity index (χ4v) is 2.24. The molecular formula is C14H9BrClN3O. The zero-order chi connectivity index (χ0) is 14.7. The molecule has 1 aromatic heterocycles. The van der Waals surface area contributed by atoms with Gasteiger partial charge in [-0.1, -0.05) is 11.6 Å². The molecule has 2 aromatic rings. The minimum absolute atomic E-state index is 0.229. The van der Waals surface area contributed by atoms with Crippen molar-refractivity contribution in [2.24, 2.45) is 0 Å². The molecule has 0 aliphatic carbocycles. The monoisotopic (exact) mass is 349 g/mol. The second-order valence-corrected chi connectivity index (χ2v) is 5.34. The lowest BCUT2D eigenvalue weighted by molar-refractivity contribution is 0.102. The van der Waals surface area contributed by atoms with Crippen molar-refractivity contribution >= 4 is 39.1 Å². The summed E-state index contributed by atoms with van der Waals surface area (Å²) >= 11 is 9.40. The Morgan fingerprint density at radius 2 is 2.20 bits per heavy atom. The van der Waals surface area contributed by atoms with E-state index >= 15 is 0 Å². The smallest absolute Gasteiger partial charge is 0.274 e. The molecule has 20 heavy (non-hydrogen) atoms. The average molecular weight is 351 g/mol. The van der Waals surface area contributed by atoms with Crippen molar-refractivity contribution in [1.82, 2.24) is 4.98 Å². The summed E-state index contributed by atoms with van der Waals surface area (Å²) in [7, 11) is 0. The molecule has 0 unspecified atom stereocenters. The number of carbonyl (C=O) groups is 1. The fraction of sp³-hybridized carbons (Fsp3) is 0.0714. The Hall–Kier alpha value is -1.90. The van der Waals surface area contributed by atoms with E-state index < -0.39 is 0 Å². The molecule has 0 aliphatic heterocycles. The molecule has 0 fully saturated rings. The molecule has 1 N–H and O–H groups in total. The van der Waals surface area contributed by atoms with Crippen molar-refractivity contribution in [3.8, 4) is 6.07 Å². The lowest BCUT2D eigenvalue weighted by Crippen LogP contribution is -2.14. The SMILES string of the molecule is Cc1cc(Br)c(NC(=O)c2ccc(C#N)cn2)cc1Cl. The molecule has 0 saturated heterocycles. The van der Waals surface area contributed by atoms with E-state index in [1.165, 1.54) is 12.3 Å². The predicted octanol–water partition coefficient (Wildman–Crippen LogP) is 3.93. The molecule has 0 aliphatic rings. The van der Waals surface area contributed by atoms with Crippen LogP contribution in [0.3, 0.4) is 0 Å². The second-order valence-electron chi connectivity index (χ2n) is 4.08. The van der Waals surface area contributed by atoms with Crippen LogP contribution in [0, 0.1) is 18.3 Å². The number of amides is 1. The van der Waals surface area contributed by atoms with Gasteiger partial charge in [0.25, 0.3) is 5.91 Å². The number of nitrogens with zero attached hydrogens (tertiary/aromatic N) is 2. The number of carbonyl (C=O) groups excluding carboxylic acids is 1. The van der Waals surface area contributed by atoms with Crippen molar-refractivity contribution in [3.63, 3.8) is 0 Å². The maximum Gasteiger partial charge on any atom is 0.274 e. The van der Waals surface area contributed by atoms with Gasteiger partial charge in [0.15, 0.2) is 0 Å². The highest BCUT2D eigenvalue weighted by Gasteiger charge is 2.11. The molecule has 0 spiro atoms. The van der Waals surface area contributed by atoms with Crippen LogP contribution >= 0.6 is 27.5 Å². The van der Waals surface area contributed by atoms with Crippen molar-refractivity contribution < 1.29 is 4.79 Å². The molecule has 0 bridgehead atoms. The van der Waals surface area contributed by atoms with E-state index in [0.717, 1.165) is 10.0 Å². The first-order valence-corrected chi connectivity index (χ1v) is 6.81. The summed E-state index contributed by atoms with van der Waals surface area (Å²) in [6.45, 7) is 1.88. The second kappa shape index (κ2) is 6.04. The summed E-state index contributed by atoms with van der Waals surface area (Å²) in [6, 6.07) is 8.48. The lowest BCUT2D eigenvalue weighted by Gasteiger charge is -2.09. The van der Waals surface area contributed by atoms with Gasteiger partial charge in [0.05, 0.1) is 11.3 Å². The number of nitrogens with one attached hydrogen (secondary N) is 1. The quantitative estimate of drug-likeness (QED) is 0.892. The molecular weight excluding hydrogens is 342 g/mol. The number of benzene rings is 1. The summed E-state index contributed by atoms with van der Waals surface area (Å²) in [5.74, 6) is -0.366. The van der Waals surface area contributed by atoms with E-state index in [-0.39, 0.29) is 11.6 Å². The predicted molar refractivity (Wildman–Crippen MR) is 80.8 cm³/mol. The highest BCUT2D eigenvalue weighted by Crippen LogP contribution is 2.29. The van der Waals surface area contributed by atoms with Crippen molar-refractivity contribution in [3.05, 3.63) is 56.8 Å². The third-order valence-electron chi connectivity index (χ3n) is 2.62. The molecule has 6 heteroatoms. The highest BCUT2D eigenvalue weighted by atomic mass is 79.9. The summed E-state index contributed by atoms with van der Waals surface area (Å²) < 4.78 is 0.737. The van der Waals surface area contributed by atoms with Gasteiger partial charge in [0.1, 0.15) is 11.8 Å². The van der Waals surface area contributed by atoms with Crippen LogP contribution < -0.4 is 5.32 Å². The summed E-state index contributed by atoms with van der Waals surface area (Å²) in [5.41, 5.74) is 2.11. The maximum atomic E-state index is 12.0. The van der Waals surface area contributed by atoms with Gasteiger partial charge in [-0.05, 0) is 52.7 Å². The van der Waals surface area contributed by atoms with E-state index in [1.54, 1.807) is 12.1 Å². The van der Waals surface area contributed by atoms with Gasteiger partial charge in [-0.3, -0.25) is 4.79 Å². The largest absolute Gasteiger partial charge is 0.320 e. The minimum Gasteiger partial charge on any atom is -0.320 e. The van der Waals surface area contributed by atoms with Crippen LogP contribution in [0.5, 0.6) is 0 Å². The summed E-state index contributed by atoms with van der Waals surface area (Å²) in [6.07, 6.45) is 1.35. The lowest BCUT2D eigenvalue weighted by atomic mass is 10.2. The van der Waals surface area contributed by atoms with Crippen LogP contribution in [0.4, 0.5) is 5.69 Å². The van der Waals surface area contributed by atoms with Crippen LogP contribution in [0.25, 0.3) is 0 Å². The normalized spacial score (nSPS) is 9.90. The van der Waals surface area contributed by atoms with Crippen LogP contribution in [0.2, 0.25) is 5.02 Å². The van der Waals surface area contributed by atoms with Gasteiger partial charge in [0.2, 0.25) is 0 Å². The number of hydrogen-bond donors (Lipinski definition) is 1. The standard InChI is InChI=1S/C14H9BrClN3O/c1-8-4-10(15)13(5-11(8)16)19-14(20)12-3-2-9(6-17)7-18-12/h2-5,7H,1H3,(H,19,20). The summed E-state index contributed by atoms with van der Waals surface area (Å²) in [4.78, 5) is 16.0. The first kappa shape index (κ1) is 14.5. The highest BCUT2D eigenvalue weighted by molar-refractivity contribution is 9.10. The number of halogens is 2. The summed E-state index contributed by atoms with van der Waals surface area (Å²) in [5, 5.41) is 12.0. The van der Waals surface area contributed by atoms with E-state index in [1.807, 2.05) is 19.1 Å². The zero-order valence-corrected chi connectivity index (χ0v) is 12.8. The van der Waals surface area contributed by atoms with Gasteiger partial charge >= 0.3 is 0 Å². The van der Waals surface area contributed by atoms with E-state index in [9.17, 15) is 4.79 Å². The molecule has 4 nitrogen and oxygen atoms in total. The van der Waals surface area contributed by atoms with Crippen LogP contribution in [-0.2, 0) is 0 Å². The molecule has 0 radical (unpaired) electrons. The Morgan fingerprint density at radius 1 is 1.45 bits per heavy atom. The third-order valence-corrected chi connectivity index (χ3v) is 3.69. The fourth-order valence-electron chi connectivity index (χ4n) is 1.52. The van der Waals surface area contributed by atoms with Gasteiger partial charge in [-0.25, -0.2) is 4.98 Å². The van der Waals surface area contributed by atoms with Gasteiger partial charge < -0.3 is 5.32 Å². The Balaban J connectivity index is 2.23. The maximum absolute atomic E-state index is 12.0. The Bertz CT molecular complexity index is 708. The molecule has 1 aromatic carbocycles. The average Bonchev–Trinajstić information content (AvgIpc) is 2.44. The van der Waals surface area contributed by atoms with Crippen LogP contribution in [0.15, 0.2) is 34.9 Å². The van der Waals surface area contributed by atoms with Gasteiger partial charge in [0, 0.05) is 15.7 Å². The molecule has 1 heterocycles. The van der Waals surface area contributed by atoms with Crippen LogP contribution in [0.1, 0.15) is 21.6 Å². The van der Waals surface area contributed by atoms with Crippen molar-refractivity contribution in [2.45, 2.75) is 6.92 Å². The topological polar surface area (TPSA) is 65.8 Å². The van der Waals surface area contributed by atoms with Gasteiger partial charge in [-0.15, -0.1) is 0 Å². The minimum atomic E-state index is -0.366. The number of anilines is 1. The molecule has 0 atom stereocenters. The molecule has 2 rings (SSSR count). The third kappa shape index (κ3) is 3.16. The number of rotatable bonds is 2. The molecule has 0 saturated carbocycles. The molecule has 1 amide bonds. The van der Waals surface area contributed by atoms with Gasteiger partial charge in [-0.2, -0.15) is 5.26 Å². The zero-order valence-electron chi connectivity index (χ0n) is 10.4. The van der Waals surface area contributed by atoms with Crippen LogP contribution in [-0.4, -0.2) is 10.9 Å². The number of nitriles is 1. The first-order chi connectivity index (χ1) is 9.51. The Kier molecular flexibility index (Phi) is 4.38. The Morgan fingerprint density at radius 3 is 2.80 bits per heavy atom. The number of aryl methyl sites for hydroxylation is 1. The van der Waals surface area contributed by atoms with E-state index in [4.69, 9.17) is 16.9 Å². The Labute approximate surface area is 129 Å². The number of aromatic nitrogens is 1. The van der Waals surface area contributed by atoms with Crippen molar-refractivity contribution in [2.75, 3.05) is 5.32 Å². The first-order valence-electron chi connectivity index (χ1n) is 5.64. The number of hydrogen-bond acceptors (Lipinski definition) is 3. The van der Waals surface area contributed by atoms with Crippen molar-refractivity contribution in [1.29, 1.82) is 5.26 Å².